The van der Waals surface area contributed by atoms with Crippen molar-refractivity contribution >= 4 is 12.3 Å². The quantitative estimate of drug-likeness (QED) is 0.610. The molecule has 0 radical (unpaired) electrons. The number of ketones is 1. The van der Waals surface area contributed by atoms with E-state index in [1.165, 1.54) is 19.1 Å². The topological polar surface area (TPSA) is 63.6 Å². The van der Waals surface area contributed by atoms with Gasteiger partial charge in [0.25, 0.3) is 6.47 Å². The van der Waals surface area contributed by atoms with Gasteiger partial charge in [0.1, 0.15) is 5.75 Å². The average Bonchev–Trinajstić information content (AvgIpc) is 2.20. The maximum atomic E-state index is 10.7. The second-order valence-corrected chi connectivity index (χ2v) is 2.65. The van der Waals surface area contributed by atoms with Gasteiger partial charge in [-0.2, -0.15) is 0 Å². The van der Waals surface area contributed by atoms with E-state index < -0.39 is 0 Å². The summed E-state index contributed by atoms with van der Waals surface area (Å²) in [5, 5.41) is 8.83. The van der Waals surface area contributed by atoms with Crippen LogP contribution in [0.4, 0.5) is 0 Å². The fourth-order valence-corrected chi connectivity index (χ4v) is 0.764. The number of carbonyl (C=O) groups is 2. The summed E-state index contributed by atoms with van der Waals surface area (Å²) in [6.07, 6.45) is 0. The molecule has 0 amide bonds. The second kappa shape index (κ2) is 7.55. The molecule has 0 bridgehead atoms. The molecule has 0 aliphatic rings. The van der Waals surface area contributed by atoms with Gasteiger partial charge >= 0.3 is 0 Å². The van der Waals surface area contributed by atoms with Crippen molar-refractivity contribution in [1.82, 2.24) is 0 Å². The lowest BCUT2D eigenvalue weighted by molar-refractivity contribution is -0.128. The first-order valence-corrected chi connectivity index (χ1v) is 4.47. The summed E-state index contributed by atoms with van der Waals surface area (Å²) in [4.78, 5) is 19.9. The molecular formula is C11H14O4. The maximum Gasteiger partial charge on any atom is 0.293 e. The van der Waals surface area contributed by atoms with E-state index in [4.69, 9.17) is 5.11 Å². The molecule has 0 saturated heterocycles. The molecule has 0 saturated carbocycles. The minimum absolute atomic E-state index is 0.0139. The van der Waals surface area contributed by atoms with Crippen LogP contribution < -0.4 is 0 Å². The summed E-state index contributed by atoms with van der Waals surface area (Å²) in [6.45, 7) is 4.16. The first kappa shape index (κ1) is 13.2. The highest BCUT2D eigenvalue weighted by atomic mass is 16.5. The predicted molar refractivity (Wildman–Crippen MR) is 55.8 cm³/mol. The summed E-state index contributed by atoms with van der Waals surface area (Å²) in [5.41, 5.74) is 0.623. The Morgan fingerprint density at radius 1 is 1.40 bits per heavy atom. The highest BCUT2D eigenvalue weighted by Gasteiger charge is 1.96. The van der Waals surface area contributed by atoms with Crippen molar-refractivity contribution in [3.05, 3.63) is 29.8 Å². The lowest BCUT2D eigenvalue weighted by atomic mass is 10.1. The van der Waals surface area contributed by atoms with E-state index in [0.29, 0.717) is 18.6 Å². The number of phenolic OH excluding ortho intramolecular Hbond substituents is 1. The number of hydrogen-bond donors (Lipinski definition) is 1. The molecule has 1 N–H and O–H groups in total. The van der Waals surface area contributed by atoms with Crippen LogP contribution in [0, 0.1) is 0 Å². The number of aromatic hydroxyl groups is 1. The van der Waals surface area contributed by atoms with Crippen molar-refractivity contribution in [3.63, 3.8) is 0 Å². The standard InChI is InChI=1S/C8H8O2.C3H6O2/c1-6(9)7-2-4-8(10)5-3-7;1-2-5-3-4/h2-5,10H,1H3;3H,2H2,1H3. The van der Waals surface area contributed by atoms with Gasteiger partial charge in [0.15, 0.2) is 5.78 Å². The number of ether oxygens (including phenoxy) is 1. The molecule has 0 aromatic heterocycles. The zero-order valence-corrected chi connectivity index (χ0v) is 8.77. The molecule has 82 valence electrons. The highest BCUT2D eigenvalue weighted by Crippen LogP contribution is 2.09. The van der Waals surface area contributed by atoms with Gasteiger partial charge in [-0.25, -0.2) is 0 Å². The Balaban J connectivity index is 0.000000336. The smallest absolute Gasteiger partial charge is 0.293 e. The number of rotatable bonds is 3. The van der Waals surface area contributed by atoms with Crippen LogP contribution in [0.2, 0.25) is 0 Å². The summed E-state index contributed by atoms with van der Waals surface area (Å²) in [5.74, 6) is 0.199. The van der Waals surface area contributed by atoms with Gasteiger partial charge in [0.2, 0.25) is 0 Å². The fourth-order valence-electron chi connectivity index (χ4n) is 0.764. The molecule has 1 aromatic rings. The van der Waals surface area contributed by atoms with E-state index in [2.05, 4.69) is 4.74 Å². The Morgan fingerprint density at radius 2 is 1.93 bits per heavy atom. The normalized spacial score (nSPS) is 8.40. The summed E-state index contributed by atoms with van der Waals surface area (Å²) < 4.78 is 4.15. The van der Waals surface area contributed by atoms with Crippen molar-refractivity contribution in [3.8, 4) is 5.75 Å². The minimum atomic E-state index is 0.0139. The molecule has 4 nitrogen and oxygen atoms in total. The summed E-state index contributed by atoms with van der Waals surface area (Å²) >= 11 is 0. The van der Waals surface area contributed by atoms with E-state index in [0.717, 1.165) is 0 Å². The van der Waals surface area contributed by atoms with Crippen LogP contribution >= 0.6 is 0 Å². The Morgan fingerprint density at radius 3 is 2.20 bits per heavy atom. The van der Waals surface area contributed by atoms with E-state index in [9.17, 15) is 9.59 Å². The zero-order valence-electron chi connectivity index (χ0n) is 8.77. The third kappa shape index (κ3) is 6.26. The van der Waals surface area contributed by atoms with Gasteiger partial charge < -0.3 is 9.84 Å². The van der Waals surface area contributed by atoms with Crippen LogP contribution in [0.15, 0.2) is 24.3 Å². The largest absolute Gasteiger partial charge is 0.508 e. The maximum absolute atomic E-state index is 10.7. The summed E-state index contributed by atoms with van der Waals surface area (Å²) in [7, 11) is 0. The van der Waals surface area contributed by atoms with Gasteiger partial charge in [-0.3, -0.25) is 9.59 Å². The van der Waals surface area contributed by atoms with Crippen LogP contribution in [0.3, 0.4) is 0 Å². The molecule has 0 atom stereocenters. The van der Waals surface area contributed by atoms with Crippen molar-refractivity contribution in [2.75, 3.05) is 6.61 Å². The highest BCUT2D eigenvalue weighted by molar-refractivity contribution is 5.94. The molecule has 0 aliphatic carbocycles. The van der Waals surface area contributed by atoms with Crippen molar-refractivity contribution < 1.29 is 19.4 Å². The first-order valence-electron chi connectivity index (χ1n) is 4.47. The second-order valence-electron chi connectivity index (χ2n) is 2.65. The minimum Gasteiger partial charge on any atom is -0.508 e. The molecule has 0 unspecified atom stereocenters. The number of benzene rings is 1. The Kier molecular flexibility index (Phi) is 6.63. The van der Waals surface area contributed by atoms with E-state index in [1.807, 2.05) is 0 Å². The molecule has 0 spiro atoms. The number of Topliss-reactive ketones (excluding diaryl/α,β-unsaturated/α-hetero) is 1. The molecular weight excluding hydrogens is 196 g/mol. The van der Waals surface area contributed by atoms with Crippen molar-refractivity contribution in [1.29, 1.82) is 0 Å². The number of phenols is 1. The predicted octanol–water partition coefficient (Wildman–Crippen LogP) is 1.77. The molecule has 0 aliphatic heterocycles. The molecule has 0 heterocycles. The third-order valence-electron chi connectivity index (χ3n) is 1.51. The Labute approximate surface area is 88.5 Å². The third-order valence-corrected chi connectivity index (χ3v) is 1.51. The zero-order chi connectivity index (χ0) is 11.7. The SMILES string of the molecule is CC(=O)c1ccc(O)cc1.CCOC=O. The molecule has 0 fully saturated rings. The van der Waals surface area contributed by atoms with Crippen LogP contribution in [0.1, 0.15) is 24.2 Å². The number of hydrogen-bond acceptors (Lipinski definition) is 4. The van der Waals surface area contributed by atoms with Crippen molar-refractivity contribution in [2.45, 2.75) is 13.8 Å². The average molecular weight is 210 g/mol. The molecule has 4 heteroatoms. The van der Waals surface area contributed by atoms with Gasteiger partial charge in [-0.15, -0.1) is 0 Å². The van der Waals surface area contributed by atoms with Crippen LogP contribution in [0.5, 0.6) is 5.75 Å². The first-order chi connectivity index (χ1) is 7.11. The van der Waals surface area contributed by atoms with E-state index in [1.54, 1.807) is 19.1 Å². The van der Waals surface area contributed by atoms with Gasteiger partial charge in [0.05, 0.1) is 6.61 Å². The molecule has 1 rings (SSSR count). The Bertz CT molecular complexity index is 303. The molecule has 15 heavy (non-hydrogen) atoms. The van der Waals surface area contributed by atoms with Gasteiger partial charge in [-0.05, 0) is 38.1 Å². The van der Waals surface area contributed by atoms with Crippen LogP contribution in [-0.4, -0.2) is 24.0 Å². The van der Waals surface area contributed by atoms with E-state index >= 15 is 0 Å². The van der Waals surface area contributed by atoms with Crippen LogP contribution in [0.25, 0.3) is 0 Å². The van der Waals surface area contributed by atoms with E-state index in [-0.39, 0.29) is 11.5 Å². The van der Waals surface area contributed by atoms with Crippen molar-refractivity contribution in [2.24, 2.45) is 0 Å². The monoisotopic (exact) mass is 210 g/mol. The molecule has 1 aromatic carbocycles. The van der Waals surface area contributed by atoms with Gasteiger partial charge in [-0.1, -0.05) is 0 Å². The summed E-state index contributed by atoms with van der Waals surface area (Å²) in [6, 6.07) is 6.18. The van der Waals surface area contributed by atoms with Crippen LogP contribution in [-0.2, 0) is 9.53 Å². The fraction of sp³-hybridized carbons (Fsp3) is 0.273. The Hall–Kier alpha value is -1.84. The lowest BCUT2D eigenvalue weighted by Crippen LogP contribution is -1.89. The lowest BCUT2D eigenvalue weighted by Gasteiger charge is -1.93. The number of carbonyl (C=O) groups excluding carboxylic acids is 2. The van der Waals surface area contributed by atoms with Gasteiger partial charge in [0, 0.05) is 5.56 Å².